The van der Waals surface area contributed by atoms with E-state index in [1.54, 1.807) is 30.3 Å². The minimum atomic E-state index is -0.588. The topological polar surface area (TPSA) is 63.2 Å². The Morgan fingerprint density at radius 1 is 1.00 bits per heavy atom. The minimum absolute atomic E-state index is 0.00501. The number of nitrogens with one attached hydrogen (secondary N) is 1. The number of ketones is 2. The van der Waals surface area contributed by atoms with Crippen molar-refractivity contribution < 1.29 is 14.4 Å². The standard InChI is InChI=1S/C23H19NO3S/c25-20(21-11-6-12-28-21)13-17(15-7-2-1-3-8-15)18-14-22(26)24-19-10-5-4-9-16(19)23(18)27/h1-12,17-18H,13-14H2,(H,24,26). The van der Waals surface area contributed by atoms with E-state index in [4.69, 9.17) is 0 Å². The lowest BCUT2D eigenvalue weighted by molar-refractivity contribution is -0.116. The second-order valence-electron chi connectivity index (χ2n) is 6.89. The highest BCUT2D eigenvalue weighted by atomic mass is 32.1. The molecular weight excluding hydrogens is 370 g/mol. The van der Waals surface area contributed by atoms with Gasteiger partial charge in [0, 0.05) is 30.2 Å². The molecule has 0 bridgehead atoms. The number of thiophene rings is 1. The molecule has 0 radical (unpaired) electrons. The molecule has 28 heavy (non-hydrogen) atoms. The third-order valence-corrected chi connectivity index (χ3v) is 6.03. The van der Waals surface area contributed by atoms with Crippen LogP contribution in [-0.2, 0) is 4.79 Å². The van der Waals surface area contributed by atoms with Crippen LogP contribution in [0.4, 0.5) is 5.69 Å². The lowest BCUT2D eigenvalue weighted by atomic mass is 9.77. The molecule has 1 amide bonds. The normalized spacial score (nSPS) is 17.4. The monoisotopic (exact) mass is 389 g/mol. The van der Waals surface area contributed by atoms with Gasteiger partial charge in [0.2, 0.25) is 5.91 Å². The maximum atomic E-state index is 13.4. The first-order valence-corrected chi connectivity index (χ1v) is 10.1. The van der Waals surface area contributed by atoms with Crippen LogP contribution < -0.4 is 5.32 Å². The van der Waals surface area contributed by atoms with E-state index in [2.05, 4.69) is 5.32 Å². The van der Waals surface area contributed by atoms with Gasteiger partial charge in [-0.25, -0.2) is 0 Å². The van der Waals surface area contributed by atoms with Gasteiger partial charge in [-0.15, -0.1) is 11.3 Å². The van der Waals surface area contributed by atoms with Gasteiger partial charge in [-0.2, -0.15) is 0 Å². The zero-order valence-corrected chi connectivity index (χ0v) is 15.9. The molecule has 140 valence electrons. The SMILES string of the molecule is O=C1CC(C(CC(=O)c2cccs2)c2ccccc2)C(=O)c2ccccc2N1. The lowest BCUT2D eigenvalue weighted by Gasteiger charge is -2.24. The van der Waals surface area contributed by atoms with E-state index in [1.165, 1.54) is 11.3 Å². The summed E-state index contributed by atoms with van der Waals surface area (Å²) in [7, 11) is 0. The summed E-state index contributed by atoms with van der Waals surface area (Å²) >= 11 is 1.40. The Morgan fingerprint density at radius 3 is 2.50 bits per heavy atom. The van der Waals surface area contributed by atoms with E-state index in [1.807, 2.05) is 41.8 Å². The van der Waals surface area contributed by atoms with E-state index in [0.29, 0.717) is 16.1 Å². The summed E-state index contributed by atoms with van der Waals surface area (Å²) in [5.41, 5.74) is 1.94. The Balaban J connectivity index is 1.74. The number of carbonyl (C=O) groups excluding carboxylic acids is 3. The smallest absolute Gasteiger partial charge is 0.225 e. The number of anilines is 1. The zero-order chi connectivity index (χ0) is 19.5. The van der Waals surface area contributed by atoms with Gasteiger partial charge in [-0.1, -0.05) is 48.5 Å². The van der Waals surface area contributed by atoms with Gasteiger partial charge in [-0.3, -0.25) is 14.4 Å². The average Bonchev–Trinajstić information content (AvgIpc) is 3.22. The van der Waals surface area contributed by atoms with Crippen molar-refractivity contribution in [3.05, 3.63) is 88.1 Å². The van der Waals surface area contributed by atoms with E-state index in [-0.39, 0.29) is 36.2 Å². The van der Waals surface area contributed by atoms with Crippen LogP contribution in [0.25, 0.3) is 0 Å². The second kappa shape index (κ2) is 7.90. The van der Waals surface area contributed by atoms with Gasteiger partial charge in [0.05, 0.1) is 10.6 Å². The number of carbonyl (C=O) groups is 3. The van der Waals surface area contributed by atoms with Gasteiger partial charge in [0.25, 0.3) is 0 Å². The van der Waals surface area contributed by atoms with Crippen LogP contribution in [0.15, 0.2) is 72.1 Å². The number of Topliss-reactive ketones (excluding diaryl/α,β-unsaturated/α-hetero) is 2. The first-order chi connectivity index (χ1) is 13.6. The van der Waals surface area contributed by atoms with Crippen molar-refractivity contribution in [2.75, 3.05) is 5.32 Å². The van der Waals surface area contributed by atoms with Crippen LogP contribution in [0.2, 0.25) is 0 Å². The molecule has 2 atom stereocenters. The summed E-state index contributed by atoms with van der Waals surface area (Å²) in [4.78, 5) is 39.4. The quantitative estimate of drug-likeness (QED) is 0.628. The highest BCUT2D eigenvalue weighted by Crippen LogP contribution is 2.37. The van der Waals surface area contributed by atoms with E-state index < -0.39 is 5.92 Å². The molecule has 0 saturated carbocycles. The second-order valence-corrected chi connectivity index (χ2v) is 7.84. The fourth-order valence-electron chi connectivity index (χ4n) is 3.76. The maximum absolute atomic E-state index is 13.4. The largest absolute Gasteiger partial charge is 0.325 e. The number of para-hydroxylation sites is 1. The minimum Gasteiger partial charge on any atom is -0.325 e. The van der Waals surface area contributed by atoms with Crippen molar-refractivity contribution in [3.8, 4) is 0 Å². The van der Waals surface area contributed by atoms with Crippen molar-refractivity contribution in [2.24, 2.45) is 5.92 Å². The molecule has 5 heteroatoms. The first kappa shape index (κ1) is 18.3. The third kappa shape index (κ3) is 3.66. The predicted octanol–water partition coefficient (Wildman–Crippen LogP) is 4.95. The highest BCUT2D eigenvalue weighted by molar-refractivity contribution is 7.12. The third-order valence-electron chi connectivity index (χ3n) is 5.12. The van der Waals surface area contributed by atoms with E-state index in [9.17, 15) is 14.4 Å². The fraction of sp³-hybridized carbons (Fsp3) is 0.174. The van der Waals surface area contributed by atoms with Crippen LogP contribution in [0.1, 0.15) is 44.4 Å². The molecule has 1 N–H and O–H groups in total. The fourth-order valence-corrected chi connectivity index (χ4v) is 4.43. The zero-order valence-electron chi connectivity index (χ0n) is 15.1. The number of rotatable bonds is 5. The summed E-state index contributed by atoms with van der Waals surface area (Å²) in [6.45, 7) is 0. The molecule has 1 aromatic heterocycles. The van der Waals surface area contributed by atoms with Crippen LogP contribution in [0.5, 0.6) is 0 Å². The molecule has 0 aliphatic carbocycles. The van der Waals surface area contributed by atoms with Gasteiger partial charge in [0.1, 0.15) is 0 Å². The molecule has 1 aliphatic heterocycles. The molecule has 2 heterocycles. The molecule has 2 aromatic carbocycles. The van der Waals surface area contributed by atoms with Crippen molar-refractivity contribution >= 4 is 34.5 Å². The number of hydrogen-bond donors (Lipinski definition) is 1. The molecular formula is C23H19NO3S. The lowest BCUT2D eigenvalue weighted by Crippen LogP contribution is -2.26. The number of benzene rings is 2. The molecule has 0 spiro atoms. The van der Waals surface area contributed by atoms with Crippen LogP contribution >= 0.6 is 11.3 Å². The Kier molecular flexibility index (Phi) is 5.17. The number of fused-ring (bicyclic) bond motifs is 1. The molecule has 3 aromatic rings. The Morgan fingerprint density at radius 2 is 1.75 bits per heavy atom. The number of hydrogen-bond acceptors (Lipinski definition) is 4. The number of amides is 1. The van der Waals surface area contributed by atoms with Crippen molar-refractivity contribution in [1.82, 2.24) is 0 Å². The average molecular weight is 389 g/mol. The molecule has 1 aliphatic rings. The summed E-state index contributed by atoms with van der Waals surface area (Å²) < 4.78 is 0. The van der Waals surface area contributed by atoms with Gasteiger partial charge >= 0.3 is 0 Å². The molecule has 4 nitrogen and oxygen atoms in total. The Hall–Kier alpha value is -3.05. The highest BCUT2D eigenvalue weighted by Gasteiger charge is 2.36. The molecule has 4 rings (SSSR count). The van der Waals surface area contributed by atoms with Crippen LogP contribution in [0, 0.1) is 5.92 Å². The van der Waals surface area contributed by atoms with Crippen LogP contribution in [0.3, 0.4) is 0 Å². The first-order valence-electron chi connectivity index (χ1n) is 9.18. The summed E-state index contributed by atoms with van der Waals surface area (Å²) in [5, 5.41) is 4.69. The van der Waals surface area contributed by atoms with Gasteiger partial charge in [-0.05, 0) is 29.1 Å². The van der Waals surface area contributed by atoms with E-state index >= 15 is 0 Å². The summed E-state index contributed by atoms with van der Waals surface area (Å²) in [5.74, 6) is -1.25. The van der Waals surface area contributed by atoms with E-state index in [0.717, 1.165) is 5.56 Å². The van der Waals surface area contributed by atoms with Crippen molar-refractivity contribution in [1.29, 1.82) is 0 Å². The molecule has 0 fully saturated rings. The van der Waals surface area contributed by atoms with Crippen molar-refractivity contribution in [2.45, 2.75) is 18.8 Å². The Bertz CT molecular complexity index is 1010. The summed E-state index contributed by atoms with van der Waals surface area (Å²) in [6.07, 6.45) is 0.251. The summed E-state index contributed by atoms with van der Waals surface area (Å²) in [6, 6.07) is 20.2. The predicted molar refractivity (Wildman–Crippen MR) is 110 cm³/mol. The van der Waals surface area contributed by atoms with Gasteiger partial charge < -0.3 is 5.32 Å². The maximum Gasteiger partial charge on any atom is 0.225 e. The van der Waals surface area contributed by atoms with Gasteiger partial charge in [0.15, 0.2) is 11.6 Å². The molecule has 2 unspecified atom stereocenters. The molecule has 0 saturated heterocycles. The van der Waals surface area contributed by atoms with Crippen LogP contribution in [-0.4, -0.2) is 17.5 Å². The Labute approximate surface area is 167 Å². The van der Waals surface area contributed by atoms with Crippen molar-refractivity contribution in [3.63, 3.8) is 0 Å².